The minimum Gasteiger partial charge on any atom is -0.384 e. The van der Waals surface area contributed by atoms with Crippen molar-refractivity contribution in [2.24, 2.45) is 5.92 Å². The SMILES string of the molecule is N#Cc1cc(C(F)(F)F)ccc1NCC1CC=CCC1. The van der Waals surface area contributed by atoms with Crippen LogP contribution in [0.3, 0.4) is 0 Å². The number of hydrogen-bond acceptors (Lipinski definition) is 2. The molecule has 0 aromatic heterocycles. The van der Waals surface area contributed by atoms with Crippen LogP contribution in [0.5, 0.6) is 0 Å². The summed E-state index contributed by atoms with van der Waals surface area (Å²) in [5.74, 6) is 0.467. The van der Waals surface area contributed by atoms with Crippen LogP contribution in [-0.4, -0.2) is 6.54 Å². The molecule has 5 heteroatoms. The summed E-state index contributed by atoms with van der Waals surface area (Å²) in [5, 5.41) is 12.1. The Balaban J connectivity index is 2.08. The second-order valence-corrected chi connectivity index (χ2v) is 4.90. The van der Waals surface area contributed by atoms with E-state index in [4.69, 9.17) is 5.26 Å². The van der Waals surface area contributed by atoms with E-state index in [2.05, 4.69) is 17.5 Å². The number of alkyl halides is 3. The first-order valence-electron chi connectivity index (χ1n) is 6.51. The minimum absolute atomic E-state index is 0.0335. The normalized spacial score (nSPS) is 18.6. The third kappa shape index (κ3) is 3.53. The number of hydrogen-bond donors (Lipinski definition) is 1. The molecule has 20 heavy (non-hydrogen) atoms. The van der Waals surface area contributed by atoms with Crippen molar-refractivity contribution in [3.8, 4) is 6.07 Å². The summed E-state index contributed by atoms with van der Waals surface area (Å²) < 4.78 is 37.7. The van der Waals surface area contributed by atoms with Crippen molar-refractivity contribution in [2.45, 2.75) is 25.4 Å². The summed E-state index contributed by atoms with van der Waals surface area (Å²) in [4.78, 5) is 0. The molecule has 1 unspecified atom stereocenters. The van der Waals surface area contributed by atoms with E-state index in [9.17, 15) is 13.2 Å². The number of nitriles is 1. The lowest BCUT2D eigenvalue weighted by molar-refractivity contribution is -0.137. The van der Waals surface area contributed by atoms with E-state index in [1.807, 2.05) is 6.07 Å². The Morgan fingerprint density at radius 1 is 1.30 bits per heavy atom. The van der Waals surface area contributed by atoms with Gasteiger partial charge in [-0.2, -0.15) is 18.4 Å². The summed E-state index contributed by atoms with van der Waals surface area (Å²) in [6.45, 7) is 0.671. The fourth-order valence-electron chi connectivity index (χ4n) is 2.26. The van der Waals surface area contributed by atoms with Gasteiger partial charge in [-0.1, -0.05) is 12.2 Å². The maximum absolute atomic E-state index is 12.6. The fourth-order valence-corrected chi connectivity index (χ4v) is 2.26. The standard InChI is InChI=1S/C15H15F3N2/c16-15(17,18)13-6-7-14(12(8-13)9-19)20-10-11-4-2-1-3-5-11/h1-2,6-8,11,20H,3-5,10H2. The number of halogens is 3. The van der Waals surface area contributed by atoms with Gasteiger partial charge in [-0.25, -0.2) is 0 Å². The molecule has 0 fully saturated rings. The Kier molecular flexibility index (Phi) is 4.33. The van der Waals surface area contributed by atoms with E-state index in [0.29, 0.717) is 18.2 Å². The number of anilines is 1. The number of benzene rings is 1. The zero-order chi connectivity index (χ0) is 14.6. The van der Waals surface area contributed by atoms with Crippen LogP contribution < -0.4 is 5.32 Å². The van der Waals surface area contributed by atoms with Crippen LogP contribution in [0.4, 0.5) is 18.9 Å². The molecule has 1 N–H and O–H groups in total. The quantitative estimate of drug-likeness (QED) is 0.836. The first-order chi connectivity index (χ1) is 9.50. The highest BCUT2D eigenvalue weighted by atomic mass is 19.4. The highest BCUT2D eigenvalue weighted by Gasteiger charge is 2.31. The number of allylic oxidation sites excluding steroid dienone is 2. The smallest absolute Gasteiger partial charge is 0.384 e. The molecule has 1 atom stereocenters. The van der Waals surface area contributed by atoms with E-state index in [1.165, 1.54) is 6.07 Å². The summed E-state index contributed by atoms with van der Waals surface area (Å²) >= 11 is 0. The van der Waals surface area contributed by atoms with Gasteiger partial charge in [0, 0.05) is 6.54 Å². The third-order valence-corrected chi connectivity index (χ3v) is 3.43. The molecule has 1 aliphatic carbocycles. The second kappa shape index (κ2) is 6.00. The van der Waals surface area contributed by atoms with E-state index in [1.54, 1.807) is 0 Å². The summed E-state index contributed by atoms with van der Waals surface area (Å²) in [5.41, 5.74) is -0.290. The first kappa shape index (κ1) is 14.4. The van der Waals surface area contributed by atoms with Crippen molar-refractivity contribution in [3.05, 3.63) is 41.5 Å². The third-order valence-electron chi connectivity index (χ3n) is 3.43. The molecule has 0 heterocycles. The van der Waals surface area contributed by atoms with Crippen LogP contribution >= 0.6 is 0 Å². The van der Waals surface area contributed by atoms with Crippen LogP contribution in [-0.2, 0) is 6.18 Å². The van der Waals surface area contributed by atoms with E-state index >= 15 is 0 Å². The predicted molar refractivity (Wildman–Crippen MR) is 71.1 cm³/mol. The Morgan fingerprint density at radius 2 is 2.10 bits per heavy atom. The van der Waals surface area contributed by atoms with E-state index in [0.717, 1.165) is 31.4 Å². The Labute approximate surface area is 115 Å². The molecular weight excluding hydrogens is 265 g/mol. The highest BCUT2D eigenvalue weighted by Crippen LogP contribution is 2.31. The van der Waals surface area contributed by atoms with Gasteiger partial charge in [-0.15, -0.1) is 0 Å². The molecule has 2 nitrogen and oxygen atoms in total. The molecular formula is C15H15F3N2. The van der Waals surface area contributed by atoms with Gasteiger partial charge in [-0.3, -0.25) is 0 Å². The van der Waals surface area contributed by atoms with Crippen LogP contribution in [0.25, 0.3) is 0 Å². The molecule has 0 saturated carbocycles. The monoisotopic (exact) mass is 280 g/mol. The predicted octanol–water partition coefficient (Wildman–Crippen LogP) is 4.35. The van der Waals surface area contributed by atoms with Gasteiger partial charge >= 0.3 is 6.18 Å². The molecule has 106 valence electrons. The van der Waals surface area contributed by atoms with Gasteiger partial charge in [0.25, 0.3) is 0 Å². The lowest BCUT2D eigenvalue weighted by atomic mass is 9.94. The summed E-state index contributed by atoms with van der Waals surface area (Å²) in [6, 6.07) is 5.05. The van der Waals surface area contributed by atoms with Crippen molar-refractivity contribution >= 4 is 5.69 Å². The maximum Gasteiger partial charge on any atom is 0.416 e. The van der Waals surface area contributed by atoms with Gasteiger partial charge in [0.2, 0.25) is 0 Å². The van der Waals surface area contributed by atoms with Crippen molar-refractivity contribution in [1.82, 2.24) is 0 Å². The van der Waals surface area contributed by atoms with Gasteiger partial charge in [0.1, 0.15) is 6.07 Å². The molecule has 1 aromatic carbocycles. The Bertz CT molecular complexity index is 541. The lowest BCUT2D eigenvalue weighted by Crippen LogP contribution is -2.16. The topological polar surface area (TPSA) is 35.8 Å². The van der Waals surface area contributed by atoms with Gasteiger partial charge in [0.15, 0.2) is 0 Å². The second-order valence-electron chi connectivity index (χ2n) is 4.90. The van der Waals surface area contributed by atoms with Gasteiger partial charge < -0.3 is 5.32 Å². The first-order valence-corrected chi connectivity index (χ1v) is 6.51. The maximum atomic E-state index is 12.6. The van der Waals surface area contributed by atoms with Crippen molar-refractivity contribution in [1.29, 1.82) is 5.26 Å². The van der Waals surface area contributed by atoms with Crippen LogP contribution in [0.1, 0.15) is 30.4 Å². The average Bonchev–Trinajstić information content (AvgIpc) is 2.45. The number of rotatable bonds is 3. The van der Waals surface area contributed by atoms with Crippen LogP contribution in [0.15, 0.2) is 30.4 Å². The summed E-state index contributed by atoms with van der Waals surface area (Å²) in [7, 11) is 0. The zero-order valence-corrected chi connectivity index (χ0v) is 10.9. The van der Waals surface area contributed by atoms with Crippen molar-refractivity contribution in [2.75, 3.05) is 11.9 Å². The van der Waals surface area contributed by atoms with Crippen molar-refractivity contribution < 1.29 is 13.2 Å². The average molecular weight is 280 g/mol. The molecule has 2 rings (SSSR count). The molecule has 0 saturated heterocycles. The molecule has 1 aromatic rings. The summed E-state index contributed by atoms with van der Waals surface area (Å²) in [6.07, 6.45) is 2.90. The Morgan fingerprint density at radius 3 is 2.70 bits per heavy atom. The zero-order valence-electron chi connectivity index (χ0n) is 10.9. The van der Waals surface area contributed by atoms with Crippen LogP contribution in [0.2, 0.25) is 0 Å². The van der Waals surface area contributed by atoms with E-state index in [-0.39, 0.29) is 5.56 Å². The van der Waals surface area contributed by atoms with E-state index < -0.39 is 11.7 Å². The molecule has 0 bridgehead atoms. The molecule has 0 radical (unpaired) electrons. The largest absolute Gasteiger partial charge is 0.416 e. The molecule has 0 spiro atoms. The van der Waals surface area contributed by atoms with Gasteiger partial charge in [0.05, 0.1) is 16.8 Å². The van der Waals surface area contributed by atoms with Crippen molar-refractivity contribution in [3.63, 3.8) is 0 Å². The van der Waals surface area contributed by atoms with Gasteiger partial charge in [-0.05, 0) is 43.4 Å². The molecule has 0 amide bonds. The lowest BCUT2D eigenvalue weighted by Gasteiger charge is -2.19. The Hall–Kier alpha value is -1.96. The highest BCUT2D eigenvalue weighted by molar-refractivity contribution is 5.59. The van der Waals surface area contributed by atoms with Crippen LogP contribution in [0, 0.1) is 17.2 Å². The fraction of sp³-hybridized carbons (Fsp3) is 0.400. The number of nitrogens with zero attached hydrogens (tertiary/aromatic N) is 1. The molecule has 0 aliphatic heterocycles. The number of nitrogens with one attached hydrogen (secondary N) is 1. The minimum atomic E-state index is -4.42. The molecule has 1 aliphatic rings.